The Hall–Kier alpha value is -0.770. The summed E-state index contributed by atoms with van der Waals surface area (Å²) in [4.78, 5) is 13.0. The second kappa shape index (κ2) is 5.20. The SMILES string of the molecule is CC(C)COC(=O)N1CCC[C@@H](O)C1. The summed E-state index contributed by atoms with van der Waals surface area (Å²) in [6.07, 6.45) is 0.971. The molecule has 0 unspecified atom stereocenters. The van der Waals surface area contributed by atoms with Crippen molar-refractivity contribution < 1.29 is 14.6 Å². The minimum absolute atomic E-state index is 0.294. The Bertz CT molecular complexity index is 194. The lowest BCUT2D eigenvalue weighted by Crippen LogP contribution is -2.42. The fourth-order valence-electron chi connectivity index (χ4n) is 1.45. The third-order valence-corrected chi connectivity index (χ3v) is 2.19. The van der Waals surface area contributed by atoms with E-state index in [9.17, 15) is 9.90 Å². The molecule has 1 saturated heterocycles. The van der Waals surface area contributed by atoms with Crippen LogP contribution in [0.5, 0.6) is 0 Å². The summed E-state index contributed by atoms with van der Waals surface area (Å²) < 4.78 is 5.07. The zero-order valence-corrected chi connectivity index (χ0v) is 8.90. The molecular formula is C10H19NO3. The van der Waals surface area contributed by atoms with Gasteiger partial charge in [-0.05, 0) is 18.8 Å². The van der Waals surface area contributed by atoms with Crippen LogP contribution in [0.15, 0.2) is 0 Å². The molecule has 0 aromatic carbocycles. The number of aliphatic hydroxyl groups excluding tert-OH is 1. The largest absolute Gasteiger partial charge is 0.449 e. The number of β-amino-alcohol motifs (C(OH)–C–C–N with tert-alkyl or cyclic N) is 1. The summed E-state index contributed by atoms with van der Waals surface area (Å²) in [7, 11) is 0. The molecule has 0 radical (unpaired) electrons. The maximum atomic E-state index is 11.4. The van der Waals surface area contributed by atoms with Crippen molar-refractivity contribution in [1.29, 1.82) is 0 Å². The molecule has 1 aliphatic rings. The van der Waals surface area contributed by atoms with Crippen LogP contribution in [0.4, 0.5) is 4.79 Å². The van der Waals surface area contributed by atoms with Gasteiger partial charge in [0.25, 0.3) is 0 Å². The second-order valence-corrected chi connectivity index (χ2v) is 4.21. The first kappa shape index (κ1) is 11.3. The molecule has 1 heterocycles. The van der Waals surface area contributed by atoms with Gasteiger partial charge in [-0.1, -0.05) is 13.8 Å². The number of ether oxygens (including phenoxy) is 1. The van der Waals surface area contributed by atoms with Gasteiger partial charge >= 0.3 is 6.09 Å². The van der Waals surface area contributed by atoms with Crippen molar-refractivity contribution in [2.24, 2.45) is 5.92 Å². The van der Waals surface area contributed by atoms with Crippen molar-refractivity contribution in [2.75, 3.05) is 19.7 Å². The number of nitrogens with zero attached hydrogens (tertiary/aromatic N) is 1. The van der Waals surface area contributed by atoms with E-state index >= 15 is 0 Å². The van der Waals surface area contributed by atoms with Crippen LogP contribution in [0.1, 0.15) is 26.7 Å². The zero-order chi connectivity index (χ0) is 10.6. The molecule has 1 fully saturated rings. The predicted octanol–water partition coefficient (Wildman–Crippen LogP) is 1.24. The molecule has 14 heavy (non-hydrogen) atoms. The first-order valence-electron chi connectivity index (χ1n) is 5.19. The Morgan fingerprint density at radius 2 is 2.36 bits per heavy atom. The fraction of sp³-hybridized carbons (Fsp3) is 0.900. The predicted molar refractivity (Wildman–Crippen MR) is 53.0 cm³/mol. The van der Waals surface area contributed by atoms with E-state index in [1.165, 1.54) is 0 Å². The maximum absolute atomic E-state index is 11.4. The molecule has 1 rings (SSSR count). The molecule has 0 aromatic heterocycles. The van der Waals surface area contributed by atoms with Crippen molar-refractivity contribution in [3.05, 3.63) is 0 Å². The number of amides is 1. The highest BCUT2D eigenvalue weighted by Gasteiger charge is 2.22. The van der Waals surface area contributed by atoms with Gasteiger partial charge in [0, 0.05) is 13.1 Å². The minimum Gasteiger partial charge on any atom is -0.449 e. The molecular weight excluding hydrogens is 182 g/mol. The van der Waals surface area contributed by atoms with E-state index in [-0.39, 0.29) is 12.2 Å². The maximum Gasteiger partial charge on any atom is 0.409 e. The van der Waals surface area contributed by atoms with E-state index in [4.69, 9.17) is 4.74 Å². The van der Waals surface area contributed by atoms with Crippen LogP contribution in [0.2, 0.25) is 0 Å². The number of piperidine rings is 1. The number of hydrogen-bond acceptors (Lipinski definition) is 3. The van der Waals surface area contributed by atoms with E-state index in [1.807, 2.05) is 13.8 Å². The lowest BCUT2D eigenvalue weighted by Gasteiger charge is -2.29. The molecule has 0 bridgehead atoms. The Kier molecular flexibility index (Phi) is 4.20. The third-order valence-electron chi connectivity index (χ3n) is 2.19. The highest BCUT2D eigenvalue weighted by Crippen LogP contribution is 2.11. The molecule has 0 saturated carbocycles. The lowest BCUT2D eigenvalue weighted by molar-refractivity contribution is 0.0448. The van der Waals surface area contributed by atoms with Crippen molar-refractivity contribution in [1.82, 2.24) is 4.90 Å². The summed E-state index contributed by atoms with van der Waals surface area (Å²) in [5.74, 6) is 0.355. The van der Waals surface area contributed by atoms with Crippen LogP contribution in [0.3, 0.4) is 0 Å². The van der Waals surface area contributed by atoms with Crippen molar-refractivity contribution in [2.45, 2.75) is 32.8 Å². The molecule has 0 aromatic rings. The van der Waals surface area contributed by atoms with Crippen LogP contribution in [-0.4, -0.2) is 41.9 Å². The highest BCUT2D eigenvalue weighted by atomic mass is 16.6. The van der Waals surface area contributed by atoms with E-state index in [0.29, 0.717) is 25.6 Å². The standard InChI is InChI=1S/C10H19NO3/c1-8(2)7-14-10(13)11-5-3-4-9(12)6-11/h8-9,12H,3-7H2,1-2H3/t9-/m1/s1. The fourth-order valence-corrected chi connectivity index (χ4v) is 1.45. The number of likely N-dealkylation sites (tertiary alicyclic amines) is 1. The quantitative estimate of drug-likeness (QED) is 0.731. The summed E-state index contributed by atoms with van der Waals surface area (Å²) in [6.45, 7) is 5.56. The number of hydrogen-bond donors (Lipinski definition) is 1. The highest BCUT2D eigenvalue weighted by molar-refractivity contribution is 5.67. The van der Waals surface area contributed by atoms with Crippen molar-refractivity contribution in [3.8, 4) is 0 Å². The van der Waals surface area contributed by atoms with E-state index in [2.05, 4.69) is 0 Å². The molecule has 0 spiro atoms. The van der Waals surface area contributed by atoms with Gasteiger partial charge in [-0.3, -0.25) is 0 Å². The Morgan fingerprint density at radius 1 is 1.64 bits per heavy atom. The molecule has 1 atom stereocenters. The van der Waals surface area contributed by atoms with Crippen LogP contribution < -0.4 is 0 Å². The molecule has 4 nitrogen and oxygen atoms in total. The first-order valence-corrected chi connectivity index (χ1v) is 5.19. The zero-order valence-electron chi connectivity index (χ0n) is 8.90. The summed E-state index contributed by atoms with van der Waals surface area (Å²) in [5, 5.41) is 9.36. The van der Waals surface area contributed by atoms with Gasteiger partial charge in [-0.2, -0.15) is 0 Å². The van der Waals surface area contributed by atoms with Gasteiger partial charge in [0.05, 0.1) is 12.7 Å². The smallest absolute Gasteiger partial charge is 0.409 e. The van der Waals surface area contributed by atoms with Gasteiger partial charge in [0.15, 0.2) is 0 Å². The number of rotatable bonds is 2. The van der Waals surface area contributed by atoms with Crippen LogP contribution in [-0.2, 0) is 4.74 Å². The second-order valence-electron chi connectivity index (χ2n) is 4.21. The van der Waals surface area contributed by atoms with Gasteiger partial charge < -0.3 is 14.7 Å². The third kappa shape index (κ3) is 3.54. The number of carbonyl (C=O) groups is 1. The Morgan fingerprint density at radius 3 is 2.93 bits per heavy atom. The van der Waals surface area contributed by atoms with Gasteiger partial charge in [-0.15, -0.1) is 0 Å². The van der Waals surface area contributed by atoms with Crippen LogP contribution >= 0.6 is 0 Å². The monoisotopic (exact) mass is 201 g/mol. The molecule has 0 aliphatic carbocycles. The summed E-state index contributed by atoms with van der Waals surface area (Å²) in [5.41, 5.74) is 0. The van der Waals surface area contributed by atoms with Crippen LogP contribution in [0, 0.1) is 5.92 Å². The average Bonchev–Trinajstić information content (AvgIpc) is 2.14. The number of carbonyl (C=O) groups excluding carboxylic acids is 1. The van der Waals surface area contributed by atoms with E-state index in [0.717, 1.165) is 12.8 Å². The van der Waals surface area contributed by atoms with Crippen molar-refractivity contribution >= 4 is 6.09 Å². The molecule has 82 valence electrons. The Labute approximate surface area is 84.8 Å². The normalized spacial score (nSPS) is 22.6. The molecule has 4 heteroatoms. The van der Waals surface area contributed by atoms with E-state index in [1.54, 1.807) is 4.90 Å². The molecule has 1 N–H and O–H groups in total. The van der Waals surface area contributed by atoms with Crippen LogP contribution in [0.25, 0.3) is 0 Å². The van der Waals surface area contributed by atoms with E-state index < -0.39 is 0 Å². The molecule has 1 amide bonds. The minimum atomic E-state index is -0.379. The van der Waals surface area contributed by atoms with Gasteiger partial charge in [0.1, 0.15) is 0 Å². The Balaban J connectivity index is 2.29. The lowest BCUT2D eigenvalue weighted by atomic mass is 10.1. The molecule has 1 aliphatic heterocycles. The average molecular weight is 201 g/mol. The van der Waals surface area contributed by atoms with Gasteiger partial charge in [-0.25, -0.2) is 4.79 Å². The first-order chi connectivity index (χ1) is 6.59. The van der Waals surface area contributed by atoms with Gasteiger partial charge in [0.2, 0.25) is 0 Å². The number of aliphatic hydroxyl groups is 1. The van der Waals surface area contributed by atoms with Crippen molar-refractivity contribution in [3.63, 3.8) is 0 Å². The topological polar surface area (TPSA) is 49.8 Å². The summed E-state index contributed by atoms with van der Waals surface area (Å²) in [6, 6.07) is 0. The summed E-state index contributed by atoms with van der Waals surface area (Å²) >= 11 is 0.